The molecule has 1 aliphatic rings. The Bertz CT molecular complexity index is 903. The van der Waals surface area contributed by atoms with Crippen LogP contribution in [-0.4, -0.2) is 14.8 Å². The fourth-order valence-corrected chi connectivity index (χ4v) is 2.96. The minimum Gasteiger partial charge on any atom is -0.337 e. The van der Waals surface area contributed by atoms with Crippen molar-refractivity contribution in [3.63, 3.8) is 0 Å². The zero-order chi connectivity index (χ0) is 16.1. The van der Waals surface area contributed by atoms with Crippen LogP contribution in [0, 0.1) is 5.82 Å². The van der Waals surface area contributed by atoms with E-state index in [1.54, 1.807) is 12.1 Å². The second kappa shape index (κ2) is 5.23. The van der Waals surface area contributed by atoms with Crippen molar-refractivity contribution in [1.82, 2.24) is 14.8 Å². The lowest BCUT2D eigenvalue weighted by molar-refractivity contribution is 0.145. The van der Waals surface area contributed by atoms with Crippen LogP contribution in [0.15, 0.2) is 30.5 Å². The lowest BCUT2D eigenvalue weighted by Crippen LogP contribution is -1.99. The predicted octanol–water partition coefficient (Wildman–Crippen LogP) is 5.16. The first-order valence-corrected chi connectivity index (χ1v) is 7.53. The predicted molar refractivity (Wildman–Crippen MR) is 81.2 cm³/mol. The minimum atomic E-state index is -2.69. The molecule has 0 bridgehead atoms. The third-order valence-corrected chi connectivity index (χ3v) is 4.28. The number of nitrogens with zero attached hydrogens (tertiary/aromatic N) is 3. The Hall–Kier alpha value is -2.08. The first-order chi connectivity index (χ1) is 11.0. The van der Waals surface area contributed by atoms with E-state index in [0.29, 0.717) is 10.9 Å². The summed E-state index contributed by atoms with van der Waals surface area (Å²) in [7, 11) is 0. The van der Waals surface area contributed by atoms with Crippen molar-refractivity contribution in [2.75, 3.05) is 0 Å². The van der Waals surface area contributed by atoms with E-state index < -0.39 is 12.2 Å². The van der Waals surface area contributed by atoms with E-state index in [0.717, 1.165) is 24.1 Å². The summed E-state index contributed by atoms with van der Waals surface area (Å²) in [5, 5.41) is 7.84. The molecule has 4 rings (SSSR count). The molecule has 0 atom stereocenters. The second-order valence-electron chi connectivity index (χ2n) is 5.63. The topological polar surface area (TPSA) is 30.7 Å². The monoisotopic (exact) mass is 337 g/mol. The van der Waals surface area contributed by atoms with E-state index in [9.17, 15) is 13.2 Å². The Labute approximate surface area is 134 Å². The van der Waals surface area contributed by atoms with Gasteiger partial charge in [0.05, 0.1) is 22.4 Å². The largest absolute Gasteiger partial charge is 0.337 e. The van der Waals surface area contributed by atoms with Gasteiger partial charge in [-0.3, -0.25) is 0 Å². The van der Waals surface area contributed by atoms with Crippen LogP contribution < -0.4 is 0 Å². The summed E-state index contributed by atoms with van der Waals surface area (Å²) >= 11 is 5.90. The molecule has 0 unspecified atom stereocenters. The van der Waals surface area contributed by atoms with Crippen molar-refractivity contribution < 1.29 is 13.2 Å². The molecule has 2 aromatic heterocycles. The fraction of sp³-hybridized carbons (Fsp3) is 0.250. The number of benzene rings is 1. The fourth-order valence-electron chi connectivity index (χ4n) is 2.80. The molecule has 3 nitrogen and oxygen atoms in total. The van der Waals surface area contributed by atoms with Gasteiger partial charge < -0.3 is 4.57 Å². The average molecular weight is 338 g/mol. The maximum Gasteiger partial charge on any atom is 0.282 e. The first-order valence-electron chi connectivity index (χ1n) is 7.15. The van der Waals surface area contributed by atoms with Crippen LogP contribution in [0.25, 0.3) is 22.2 Å². The zero-order valence-corrected chi connectivity index (χ0v) is 12.6. The highest BCUT2D eigenvalue weighted by Gasteiger charge is 2.28. The molecule has 0 radical (unpaired) electrons. The lowest BCUT2D eigenvalue weighted by atomic mass is 10.2. The Morgan fingerprint density at radius 3 is 2.65 bits per heavy atom. The summed E-state index contributed by atoms with van der Waals surface area (Å²) < 4.78 is 41.5. The van der Waals surface area contributed by atoms with E-state index in [4.69, 9.17) is 11.6 Å². The van der Waals surface area contributed by atoms with Gasteiger partial charge in [0.1, 0.15) is 11.5 Å². The number of hydrogen-bond acceptors (Lipinski definition) is 2. The molecule has 0 spiro atoms. The molecule has 0 amide bonds. The maximum absolute atomic E-state index is 13.7. The third-order valence-electron chi connectivity index (χ3n) is 3.99. The van der Waals surface area contributed by atoms with Crippen LogP contribution in [0.3, 0.4) is 0 Å². The van der Waals surface area contributed by atoms with Gasteiger partial charge in [0.2, 0.25) is 0 Å². The molecule has 118 valence electrons. The standard InChI is InChI=1S/C16H11ClF3N3/c17-11-6-15-8(3-12(11)18)5-14(23(15)10-1-2-10)9-4-13(16(19)20)22-21-7-9/h3-7,10,16H,1-2H2. The number of hydrogen-bond donors (Lipinski definition) is 0. The molecule has 0 N–H and O–H groups in total. The zero-order valence-electron chi connectivity index (χ0n) is 11.8. The highest BCUT2D eigenvalue weighted by molar-refractivity contribution is 6.31. The molecular weight excluding hydrogens is 327 g/mol. The Morgan fingerprint density at radius 1 is 1.17 bits per heavy atom. The Morgan fingerprint density at radius 2 is 1.96 bits per heavy atom. The van der Waals surface area contributed by atoms with Crippen LogP contribution >= 0.6 is 11.6 Å². The molecule has 3 aromatic rings. The van der Waals surface area contributed by atoms with Gasteiger partial charge in [-0.2, -0.15) is 5.10 Å². The smallest absolute Gasteiger partial charge is 0.282 e. The van der Waals surface area contributed by atoms with Crippen LogP contribution in [0.4, 0.5) is 13.2 Å². The van der Waals surface area contributed by atoms with E-state index in [2.05, 4.69) is 10.2 Å². The Balaban J connectivity index is 1.96. The molecular formula is C16H11ClF3N3. The highest BCUT2D eigenvalue weighted by atomic mass is 35.5. The van der Waals surface area contributed by atoms with Crippen LogP contribution in [-0.2, 0) is 0 Å². The molecule has 0 aliphatic heterocycles. The summed E-state index contributed by atoms with van der Waals surface area (Å²) in [6.07, 6.45) is 0.739. The lowest BCUT2D eigenvalue weighted by Gasteiger charge is -2.10. The van der Waals surface area contributed by atoms with E-state index in [-0.39, 0.29) is 16.8 Å². The SMILES string of the molecule is Fc1cc2cc(-c3cnnc(C(F)F)c3)n(C3CC3)c2cc1Cl. The molecule has 1 aromatic carbocycles. The number of halogens is 4. The van der Waals surface area contributed by atoms with Crippen LogP contribution in [0.1, 0.15) is 31.0 Å². The number of fused-ring (bicyclic) bond motifs is 1. The van der Waals surface area contributed by atoms with Gasteiger partial charge in [0.25, 0.3) is 6.43 Å². The number of alkyl halides is 2. The quantitative estimate of drug-likeness (QED) is 0.660. The number of rotatable bonds is 3. The molecule has 1 saturated carbocycles. The van der Waals surface area contributed by atoms with Gasteiger partial charge in [-0.25, -0.2) is 13.2 Å². The molecule has 1 aliphatic carbocycles. The van der Waals surface area contributed by atoms with E-state index >= 15 is 0 Å². The molecule has 23 heavy (non-hydrogen) atoms. The first kappa shape index (κ1) is 14.5. The second-order valence-corrected chi connectivity index (χ2v) is 6.03. The summed E-state index contributed by atoms with van der Waals surface area (Å²) in [5.74, 6) is -0.500. The Kier molecular flexibility index (Phi) is 3.30. The average Bonchev–Trinajstić information content (AvgIpc) is 3.30. The third kappa shape index (κ3) is 2.47. The van der Waals surface area contributed by atoms with Crippen molar-refractivity contribution in [3.8, 4) is 11.3 Å². The van der Waals surface area contributed by atoms with Crippen molar-refractivity contribution in [2.45, 2.75) is 25.3 Å². The normalized spacial score (nSPS) is 14.8. The van der Waals surface area contributed by atoms with E-state index in [1.165, 1.54) is 18.3 Å². The van der Waals surface area contributed by atoms with Gasteiger partial charge in [-0.05, 0) is 37.1 Å². The van der Waals surface area contributed by atoms with Gasteiger partial charge in [0, 0.05) is 17.0 Å². The van der Waals surface area contributed by atoms with Gasteiger partial charge in [0.15, 0.2) is 0 Å². The molecule has 1 fully saturated rings. The van der Waals surface area contributed by atoms with Gasteiger partial charge >= 0.3 is 0 Å². The molecule has 2 heterocycles. The van der Waals surface area contributed by atoms with Crippen molar-refractivity contribution >= 4 is 22.5 Å². The van der Waals surface area contributed by atoms with E-state index in [1.807, 2.05) is 4.57 Å². The van der Waals surface area contributed by atoms with Crippen LogP contribution in [0.5, 0.6) is 0 Å². The summed E-state index contributed by atoms with van der Waals surface area (Å²) in [6.45, 7) is 0. The summed E-state index contributed by atoms with van der Waals surface area (Å²) in [6, 6.07) is 6.31. The van der Waals surface area contributed by atoms with Crippen molar-refractivity contribution in [3.05, 3.63) is 47.0 Å². The van der Waals surface area contributed by atoms with Gasteiger partial charge in [-0.15, -0.1) is 5.10 Å². The van der Waals surface area contributed by atoms with Crippen molar-refractivity contribution in [1.29, 1.82) is 0 Å². The summed E-state index contributed by atoms with van der Waals surface area (Å²) in [5.41, 5.74) is 1.68. The molecule has 7 heteroatoms. The molecule has 0 saturated heterocycles. The van der Waals surface area contributed by atoms with Crippen molar-refractivity contribution in [2.24, 2.45) is 0 Å². The summed E-state index contributed by atoms with van der Waals surface area (Å²) in [4.78, 5) is 0. The van der Waals surface area contributed by atoms with Crippen LogP contribution in [0.2, 0.25) is 5.02 Å². The van der Waals surface area contributed by atoms with Gasteiger partial charge in [-0.1, -0.05) is 11.6 Å². The minimum absolute atomic E-state index is 0.0465. The number of aromatic nitrogens is 3. The maximum atomic E-state index is 13.7. The highest BCUT2D eigenvalue weighted by Crippen LogP contribution is 2.43.